The van der Waals surface area contributed by atoms with Gasteiger partial charge in [-0.1, -0.05) is 31.2 Å². The van der Waals surface area contributed by atoms with Gasteiger partial charge in [-0.25, -0.2) is 0 Å². The number of nitrogens with zero attached hydrogens (tertiary/aromatic N) is 2. The predicted octanol–water partition coefficient (Wildman–Crippen LogP) is 5.45. The first-order valence-corrected chi connectivity index (χ1v) is 12.4. The van der Waals surface area contributed by atoms with Gasteiger partial charge in [0.1, 0.15) is 11.5 Å². The molecule has 1 fully saturated rings. The van der Waals surface area contributed by atoms with E-state index < -0.39 is 0 Å². The van der Waals surface area contributed by atoms with E-state index in [0.717, 1.165) is 67.6 Å². The fourth-order valence-corrected chi connectivity index (χ4v) is 5.40. The van der Waals surface area contributed by atoms with Gasteiger partial charge >= 0.3 is 0 Å². The van der Waals surface area contributed by atoms with E-state index in [9.17, 15) is 4.79 Å². The number of fused-ring (bicyclic) bond motifs is 3. The number of piperidine rings is 1. The van der Waals surface area contributed by atoms with Crippen molar-refractivity contribution in [2.75, 3.05) is 27.3 Å². The van der Waals surface area contributed by atoms with Crippen LogP contribution in [0.25, 0.3) is 16.9 Å². The molecule has 0 unspecified atom stereocenters. The summed E-state index contributed by atoms with van der Waals surface area (Å²) in [6.07, 6.45) is 5.50. The van der Waals surface area contributed by atoms with E-state index in [-0.39, 0.29) is 5.91 Å². The first-order valence-electron chi connectivity index (χ1n) is 12.4. The maximum Gasteiger partial charge on any atom is 0.222 e. The summed E-state index contributed by atoms with van der Waals surface area (Å²) in [6.45, 7) is 4.05. The molecule has 2 aliphatic rings. The van der Waals surface area contributed by atoms with Gasteiger partial charge in [-0.3, -0.25) is 4.79 Å². The zero-order chi connectivity index (χ0) is 23.7. The number of rotatable bonds is 6. The number of carbonyl (C=O) groups excluding carboxylic acids is 1. The SMILES string of the molecule is COc1cc(OC)cc(-n2c(CCC(=O)N3CCC(C)CC3)cc3c2-c2ccccc2CC3)c1. The van der Waals surface area contributed by atoms with Gasteiger partial charge in [0.05, 0.1) is 25.6 Å². The maximum absolute atomic E-state index is 13.0. The number of benzene rings is 2. The minimum absolute atomic E-state index is 0.265. The lowest BCUT2D eigenvalue weighted by Gasteiger charge is -2.30. The van der Waals surface area contributed by atoms with Crippen LogP contribution in [0.4, 0.5) is 0 Å². The van der Waals surface area contributed by atoms with Gasteiger partial charge in [0.25, 0.3) is 0 Å². The lowest BCUT2D eigenvalue weighted by atomic mass is 9.90. The standard InChI is InChI=1S/C29H34N2O3/c1-20-12-14-30(15-13-20)28(32)11-10-23-16-22-9-8-21-6-4-5-7-27(21)29(22)31(23)24-17-25(33-2)19-26(18-24)34-3/h4-7,16-20H,8-15H2,1-3H3. The van der Waals surface area contributed by atoms with Gasteiger partial charge in [-0.2, -0.15) is 0 Å². The molecule has 1 saturated heterocycles. The molecule has 1 aromatic heterocycles. The average molecular weight is 459 g/mol. The molecular weight excluding hydrogens is 424 g/mol. The Morgan fingerprint density at radius 1 is 0.941 bits per heavy atom. The van der Waals surface area contributed by atoms with E-state index in [1.807, 2.05) is 6.07 Å². The first-order chi connectivity index (χ1) is 16.6. The Morgan fingerprint density at radius 3 is 2.32 bits per heavy atom. The van der Waals surface area contributed by atoms with Gasteiger partial charge in [0.2, 0.25) is 5.91 Å². The molecule has 0 N–H and O–H groups in total. The Balaban J connectivity index is 1.54. The van der Waals surface area contributed by atoms with Crippen LogP contribution in [0, 0.1) is 5.92 Å². The van der Waals surface area contributed by atoms with E-state index in [0.29, 0.717) is 12.8 Å². The van der Waals surface area contributed by atoms with Gasteiger partial charge < -0.3 is 18.9 Å². The van der Waals surface area contributed by atoms with Gasteiger partial charge in [-0.05, 0) is 55.2 Å². The van der Waals surface area contributed by atoms with Gasteiger partial charge in [-0.15, -0.1) is 0 Å². The number of amides is 1. The summed E-state index contributed by atoms with van der Waals surface area (Å²) in [5.41, 5.74) is 7.38. The molecule has 5 heteroatoms. The second-order valence-electron chi connectivity index (χ2n) is 9.64. The lowest BCUT2D eigenvalue weighted by molar-refractivity contribution is -0.132. The summed E-state index contributed by atoms with van der Waals surface area (Å²) < 4.78 is 13.5. The summed E-state index contributed by atoms with van der Waals surface area (Å²) >= 11 is 0. The Labute approximate surface area is 202 Å². The molecular formula is C29H34N2O3. The second-order valence-corrected chi connectivity index (χ2v) is 9.64. The van der Waals surface area contributed by atoms with Crippen molar-refractivity contribution >= 4 is 5.91 Å². The molecule has 3 aromatic rings. The highest BCUT2D eigenvalue weighted by molar-refractivity contribution is 5.77. The Morgan fingerprint density at radius 2 is 1.62 bits per heavy atom. The number of likely N-dealkylation sites (tertiary alicyclic amines) is 1. The number of carbonyl (C=O) groups is 1. The van der Waals surface area contributed by atoms with Crippen LogP contribution in [0.5, 0.6) is 11.5 Å². The van der Waals surface area contributed by atoms with Gasteiger partial charge in [0.15, 0.2) is 0 Å². The molecule has 1 aliphatic heterocycles. The van der Waals surface area contributed by atoms with Crippen LogP contribution in [0.2, 0.25) is 0 Å². The third-order valence-corrected chi connectivity index (χ3v) is 7.42. The summed E-state index contributed by atoms with van der Waals surface area (Å²) in [7, 11) is 3.36. The van der Waals surface area contributed by atoms with Crippen LogP contribution in [0.3, 0.4) is 0 Å². The molecule has 5 nitrogen and oxygen atoms in total. The quantitative estimate of drug-likeness (QED) is 0.493. The highest BCUT2D eigenvalue weighted by Gasteiger charge is 2.25. The maximum atomic E-state index is 13.0. The average Bonchev–Trinajstić information content (AvgIpc) is 3.26. The Kier molecular flexibility index (Phi) is 6.36. The molecule has 178 valence electrons. The third-order valence-electron chi connectivity index (χ3n) is 7.42. The third kappa shape index (κ3) is 4.31. The van der Waals surface area contributed by atoms with Crippen LogP contribution in [-0.4, -0.2) is 42.7 Å². The highest BCUT2D eigenvalue weighted by atomic mass is 16.5. The van der Waals surface area contributed by atoms with E-state index >= 15 is 0 Å². The Hall–Kier alpha value is -3.21. The lowest BCUT2D eigenvalue weighted by Crippen LogP contribution is -2.38. The largest absolute Gasteiger partial charge is 0.497 e. The van der Waals surface area contributed by atoms with Crippen LogP contribution in [-0.2, 0) is 24.1 Å². The van der Waals surface area contributed by atoms with Crippen molar-refractivity contribution in [1.82, 2.24) is 9.47 Å². The van der Waals surface area contributed by atoms with Crippen LogP contribution in [0.15, 0.2) is 48.5 Å². The summed E-state index contributed by atoms with van der Waals surface area (Å²) in [6, 6.07) is 17.0. The fourth-order valence-electron chi connectivity index (χ4n) is 5.40. The fraction of sp³-hybridized carbons (Fsp3) is 0.414. The van der Waals surface area contributed by atoms with Crippen molar-refractivity contribution in [2.24, 2.45) is 5.92 Å². The summed E-state index contributed by atoms with van der Waals surface area (Å²) in [4.78, 5) is 15.1. The molecule has 1 amide bonds. The molecule has 0 atom stereocenters. The molecule has 0 saturated carbocycles. The van der Waals surface area contributed by atoms with E-state index in [4.69, 9.17) is 9.47 Å². The predicted molar refractivity (Wildman–Crippen MR) is 135 cm³/mol. The number of aromatic nitrogens is 1. The minimum Gasteiger partial charge on any atom is -0.497 e. The number of methoxy groups -OCH3 is 2. The normalized spacial score (nSPS) is 15.6. The first kappa shape index (κ1) is 22.6. The molecule has 0 spiro atoms. The summed E-state index contributed by atoms with van der Waals surface area (Å²) in [5.74, 6) is 2.49. The van der Waals surface area contributed by atoms with Crippen molar-refractivity contribution in [3.8, 4) is 28.4 Å². The number of hydrogen-bond acceptors (Lipinski definition) is 3. The van der Waals surface area contributed by atoms with Crippen molar-refractivity contribution in [3.05, 3.63) is 65.4 Å². The van der Waals surface area contributed by atoms with Crippen LogP contribution in [0.1, 0.15) is 43.0 Å². The van der Waals surface area contributed by atoms with E-state index in [1.54, 1.807) is 14.2 Å². The minimum atomic E-state index is 0.265. The van der Waals surface area contributed by atoms with Crippen molar-refractivity contribution in [1.29, 1.82) is 0 Å². The van der Waals surface area contributed by atoms with Crippen molar-refractivity contribution < 1.29 is 14.3 Å². The monoisotopic (exact) mass is 458 g/mol. The topological polar surface area (TPSA) is 43.7 Å². The molecule has 2 heterocycles. The second kappa shape index (κ2) is 9.57. The number of hydrogen-bond donors (Lipinski definition) is 0. The zero-order valence-electron chi connectivity index (χ0n) is 20.5. The van der Waals surface area contributed by atoms with Crippen LogP contribution >= 0.6 is 0 Å². The molecule has 5 rings (SSSR count). The van der Waals surface area contributed by atoms with Gasteiger partial charge in [0, 0.05) is 49.0 Å². The molecule has 34 heavy (non-hydrogen) atoms. The zero-order valence-corrected chi connectivity index (χ0v) is 20.5. The highest BCUT2D eigenvalue weighted by Crippen LogP contribution is 2.39. The summed E-state index contributed by atoms with van der Waals surface area (Å²) in [5, 5.41) is 0. The smallest absolute Gasteiger partial charge is 0.222 e. The number of ether oxygens (including phenoxy) is 2. The number of aryl methyl sites for hydroxylation is 3. The molecule has 0 radical (unpaired) electrons. The molecule has 1 aliphatic carbocycles. The Bertz CT molecular complexity index is 1170. The van der Waals surface area contributed by atoms with Crippen molar-refractivity contribution in [2.45, 2.75) is 45.4 Å². The molecule has 2 aromatic carbocycles. The van der Waals surface area contributed by atoms with Crippen LogP contribution < -0.4 is 9.47 Å². The van der Waals surface area contributed by atoms with E-state index in [1.165, 1.54) is 22.4 Å². The van der Waals surface area contributed by atoms with E-state index in [2.05, 4.69) is 58.9 Å². The van der Waals surface area contributed by atoms with Crippen molar-refractivity contribution in [3.63, 3.8) is 0 Å². The molecule has 0 bridgehead atoms.